The number of halogens is 1. The summed E-state index contributed by atoms with van der Waals surface area (Å²) in [4.78, 5) is 1.18. The number of rotatable bonds is 5. The molecule has 1 aromatic heterocycles. The van der Waals surface area contributed by atoms with Crippen molar-refractivity contribution in [1.82, 2.24) is 0 Å². The van der Waals surface area contributed by atoms with E-state index in [0.717, 1.165) is 28.8 Å². The van der Waals surface area contributed by atoms with Crippen molar-refractivity contribution in [1.29, 1.82) is 0 Å². The van der Waals surface area contributed by atoms with Crippen molar-refractivity contribution in [2.75, 3.05) is 19.5 Å². The summed E-state index contributed by atoms with van der Waals surface area (Å²) in [6.45, 7) is 0.722. The highest BCUT2D eigenvalue weighted by molar-refractivity contribution is 7.10. The molecule has 2 aromatic rings. The van der Waals surface area contributed by atoms with E-state index in [1.165, 1.54) is 4.88 Å². The summed E-state index contributed by atoms with van der Waals surface area (Å²) in [7, 11) is 3.28. The van der Waals surface area contributed by atoms with Gasteiger partial charge in [-0.05, 0) is 18.2 Å². The Morgan fingerprint density at radius 1 is 1.22 bits per heavy atom. The van der Waals surface area contributed by atoms with Crippen LogP contribution in [0.3, 0.4) is 0 Å². The van der Waals surface area contributed by atoms with E-state index in [-0.39, 0.29) is 0 Å². The molecule has 0 unspecified atom stereocenters. The van der Waals surface area contributed by atoms with Gasteiger partial charge in [0.05, 0.1) is 24.9 Å². The summed E-state index contributed by atoms with van der Waals surface area (Å²) in [5, 5.41) is 6.01. The van der Waals surface area contributed by atoms with E-state index in [1.54, 1.807) is 25.6 Å². The van der Waals surface area contributed by atoms with E-state index in [4.69, 9.17) is 21.1 Å². The van der Waals surface area contributed by atoms with E-state index in [1.807, 2.05) is 29.6 Å². The smallest absolute Gasteiger partial charge is 0.145 e. The molecule has 0 amide bonds. The molecule has 3 nitrogen and oxygen atoms in total. The number of nitrogens with one attached hydrogen (secondary N) is 1. The third-order valence-corrected chi connectivity index (χ3v) is 3.77. The van der Waals surface area contributed by atoms with Gasteiger partial charge in [0.2, 0.25) is 0 Å². The number of anilines is 1. The Labute approximate surface area is 115 Å². The van der Waals surface area contributed by atoms with Crippen molar-refractivity contribution in [3.05, 3.63) is 39.5 Å². The molecule has 0 saturated carbocycles. The topological polar surface area (TPSA) is 30.5 Å². The Balaban J connectivity index is 2.08. The lowest BCUT2D eigenvalue weighted by Crippen LogP contribution is -2.00. The first-order valence-corrected chi connectivity index (χ1v) is 6.67. The van der Waals surface area contributed by atoms with Crippen LogP contribution >= 0.6 is 22.9 Å². The van der Waals surface area contributed by atoms with Gasteiger partial charge in [-0.3, -0.25) is 0 Å². The van der Waals surface area contributed by atoms with E-state index >= 15 is 0 Å². The molecule has 0 bridgehead atoms. The molecule has 0 spiro atoms. The molecule has 0 saturated heterocycles. The maximum atomic E-state index is 5.88. The standard InChI is InChI=1S/C13H14ClNO2S/c1-16-10-3-4-12(13(6-10)17-2)15-7-11-5-9(14)8-18-11/h3-6,8,15H,7H2,1-2H3. The van der Waals surface area contributed by atoms with E-state index in [0.29, 0.717) is 0 Å². The van der Waals surface area contributed by atoms with Crippen LogP contribution in [-0.4, -0.2) is 14.2 Å². The van der Waals surface area contributed by atoms with Crippen LogP contribution in [0.25, 0.3) is 0 Å². The second kappa shape index (κ2) is 5.98. The third-order valence-electron chi connectivity index (χ3n) is 2.48. The lowest BCUT2D eigenvalue weighted by Gasteiger charge is -2.11. The van der Waals surface area contributed by atoms with E-state index < -0.39 is 0 Å². The highest BCUT2D eigenvalue weighted by Crippen LogP contribution is 2.30. The number of ether oxygens (including phenoxy) is 2. The van der Waals surface area contributed by atoms with Crippen LogP contribution in [-0.2, 0) is 6.54 Å². The average molecular weight is 284 g/mol. The quantitative estimate of drug-likeness (QED) is 0.899. The lowest BCUT2D eigenvalue weighted by atomic mass is 10.2. The van der Waals surface area contributed by atoms with Gasteiger partial charge in [0.1, 0.15) is 11.5 Å². The van der Waals surface area contributed by atoms with Crippen LogP contribution in [0.4, 0.5) is 5.69 Å². The van der Waals surface area contributed by atoms with Gasteiger partial charge < -0.3 is 14.8 Å². The first-order valence-electron chi connectivity index (χ1n) is 5.41. The molecule has 18 heavy (non-hydrogen) atoms. The first-order chi connectivity index (χ1) is 8.72. The maximum absolute atomic E-state index is 5.88. The predicted molar refractivity (Wildman–Crippen MR) is 76.2 cm³/mol. The highest BCUT2D eigenvalue weighted by atomic mass is 35.5. The molecule has 1 aromatic carbocycles. The molecular formula is C13H14ClNO2S. The van der Waals surface area contributed by atoms with E-state index in [2.05, 4.69) is 5.32 Å². The molecular weight excluding hydrogens is 270 g/mol. The van der Waals surface area contributed by atoms with Gasteiger partial charge in [-0.1, -0.05) is 11.6 Å². The Hall–Kier alpha value is -1.39. The Morgan fingerprint density at radius 3 is 2.67 bits per heavy atom. The zero-order chi connectivity index (χ0) is 13.0. The predicted octanol–water partition coefficient (Wildman–Crippen LogP) is 4.03. The number of thiophene rings is 1. The molecule has 0 atom stereocenters. The molecule has 2 rings (SSSR count). The summed E-state index contributed by atoms with van der Waals surface area (Å²) < 4.78 is 10.5. The van der Waals surface area contributed by atoms with Gasteiger partial charge in [0.25, 0.3) is 0 Å². The van der Waals surface area contributed by atoms with Crippen LogP contribution in [0.1, 0.15) is 4.88 Å². The van der Waals surface area contributed by atoms with Gasteiger partial charge in [0.15, 0.2) is 0 Å². The Morgan fingerprint density at radius 2 is 2.06 bits per heavy atom. The molecule has 0 radical (unpaired) electrons. The molecule has 0 aliphatic heterocycles. The molecule has 96 valence electrons. The summed E-state index contributed by atoms with van der Waals surface area (Å²) in [5.74, 6) is 1.54. The average Bonchev–Trinajstić information content (AvgIpc) is 2.82. The fraction of sp³-hybridized carbons (Fsp3) is 0.231. The zero-order valence-electron chi connectivity index (χ0n) is 10.2. The molecule has 0 aliphatic rings. The van der Waals surface area contributed by atoms with Gasteiger partial charge in [-0.25, -0.2) is 0 Å². The van der Waals surface area contributed by atoms with Crippen molar-refractivity contribution < 1.29 is 9.47 Å². The zero-order valence-corrected chi connectivity index (χ0v) is 11.8. The largest absolute Gasteiger partial charge is 0.497 e. The minimum absolute atomic E-state index is 0.722. The molecule has 0 fully saturated rings. The summed E-state index contributed by atoms with van der Waals surface area (Å²) in [5.41, 5.74) is 0.933. The number of benzene rings is 1. The fourth-order valence-electron chi connectivity index (χ4n) is 1.57. The monoisotopic (exact) mass is 283 g/mol. The molecule has 5 heteroatoms. The van der Waals surface area contributed by atoms with Crippen LogP contribution in [0.2, 0.25) is 5.02 Å². The lowest BCUT2D eigenvalue weighted by molar-refractivity contribution is 0.395. The minimum atomic E-state index is 0.722. The second-order valence-electron chi connectivity index (χ2n) is 3.65. The summed E-state index contributed by atoms with van der Waals surface area (Å²) in [6, 6.07) is 7.64. The van der Waals surface area contributed by atoms with Crippen molar-refractivity contribution in [2.45, 2.75) is 6.54 Å². The SMILES string of the molecule is COc1ccc(NCc2cc(Cl)cs2)c(OC)c1. The van der Waals surface area contributed by atoms with Crippen molar-refractivity contribution in [3.8, 4) is 11.5 Å². The second-order valence-corrected chi connectivity index (χ2v) is 5.08. The molecule has 0 aliphatic carbocycles. The Bertz CT molecular complexity index is 527. The van der Waals surface area contributed by atoms with Gasteiger partial charge in [-0.15, -0.1) is 11.3 Å². The maximum Gasteiger partial charge on any atom is 0.145 e. The van der Waals surface area contributed by atoms with Crippen molar-refractivity contribution >= 4 is 28.6 Å². The Kier molecular flexibility index (Phi) is 4.33. The summed E-state index contributed by atoms with van der Waals surface area (Å²) in [6.07, 6.45) is 0. The van der Waals surface area contributed by atoms with Crippen LogP contribution < -0.4 is 14.8 Å². The fourth-order valence-corrected chi connectivity index (χ4v) is 2.59. The van der Waals surface area contributed by atoms with Crippen molar-refractivity contribution in [2.24, 2.45) is 0 Å². The number of hydrogen-bond acceptors (Lipinski definition) is 4. The van der Waals surface area contributed by atoms with Crippen molar-refractivity contribution in [3.63, 3.8) is 0 Å². The van der Waals surface area contributed by atoms with Crippen LogP contribution in [0.5, 0.6) is 11.5 Å². The number of hydrogen-bond donors (Lipinski definition) is 1. The van der Waals surface area contributed by atoms with E-state index in [9.17, 15) is 0 Å². The first kappa shape index (κ1) is 13.1. The minimum Gasteiger partial charge on any atom is -0.497 e. The van der Waals surface area contributed by atoms with Gasteiger partial charge >= 0.3 is 0 Å². The number of methoxy groups -OCH3 is 2. The van der Waals surface area contributed by atoms with Gasteiger partial charge in [-0.2, -0.15) is 0 Å². The van der Waals surface area contributed by atoms with Gasteiger partial charge in [0, 0.05) is 22.9 Å². The molecule has 1 heterocycles. The summed E-state index contributed by atoms with van der Waals surface area (Å²) >= 11 is 7.51. The van der Waals surface area contributed by atoms with Crippen LogP contribution in [0.15, 0.2) is 29.6 Å². The normalized spacial score (nSPS) is 10.2. The van der Waals surface area contributed by atoms with Crippen LogP contribution in [0, 0.1) is 0 Å². The third kappa shape index (κ3) is 3.09. The highest BCUT2D eigenvalue weighted by Gasteiger charge is 2.05. The molecule has 1 N–H and O–H groups in total.